The number of rotatable bonds is 7. The van der Waals surface area contributed by atoms with Gasteiger partial charge in [-0.25, -0.2) is 0 Å². The van der Waals surface area contributed by atoms with Crippen LogP contribution >= 0.6 is 0 Å². The second-order valence-electron chi connectivity index (χ2n) is 7.51. The lowest BCUT2D eigenvalue weighted by atomic mass is 9.91. The van der Waals surface area contributed by atoms with Crippen LogP contribution in [0.15, 0.2) is 29.8 Å². The van der Waals surface area contributed by atoms with E-state index in [-0.39, 0.29) is 5.60 Å². The predicted octanol–water partition coefficient (Wildman–Crippen LogP) is 4.93. The zero-order valence-electron chi connectivity index (χ0n) is 15.4. The van der Waals surface area contributed by atoms with Gasteiger partial charge in [-0.05, 0) is 63.2 Å². The Kier molecular flexibility index (Phi) is 5.19. The van der Waals surface area contributed by atoms with Crippen LogP contribution < -0.4 is 9.47 Å². The van der Waals surface area contributed by atoms with Crippen molar-refractivity contribution in [1.29, 1.82) is 0 Å². The summed E-state index contributed by atoms with van der Waals surface area (Å²) in [5.41, 5.74) is 2.82. The molecule has 1 aromatic carbocycles. The molecule has 2 unspecified atom stereocenters. The number of benzene rings is 1. The number of ether oxygens (including phenoxy) is 3. The molecular formula is C21H30O3. The summed E-state index contributed by atoms with van der Waals surface area (Å²) in [7, 11) is 0. The van der Waals surface area contributed by atoms with Crippen LogP contribution in [0.3, 0.4) is 0 Å². The topological polar surface area (TPSA) is 31.0 Å². The summed E-state index contributed by atoms with van der Waals surface area (Å²) in [6.45, 7) is 10.3. The average Bonchev–Trinajstić information content (AvgIpc) is 3.17. The molecule has 0 N–H and O–H groups in total. The van der Waals surface area contributed by atoms with E-state index in [2.05, 4.69) is 45.9 Å². The van der Waals surface area contributed by atoms with Crippen molar-refractivity contribution in [3.05, 3.63) is 35.4 Å². The van der Waals surface area contributed by atoms with Gasteiger partial charge in [0.15, 0.2) is 0 Å². The summed E-state index contributed by atoms with van der Waals surface area (Å²) in [5.74, 6) is 2.42. The molecule has 2 aliphatic heterocycles. The van der Waals surface area contributed by atoms with E-state index in [1.54, 1.807) is 0 Å². The normalized spacial score (nSPS) is 23.2. The zero-order valence-corrected chi connectivity index (χ0v) is 15.4. The molecule has 24 heavy (non-hydrogen) atoms. The molecule has 2 aliphatic rings. The molecule has 0 aromatic heterocycles. The van der Waals surface area contributed by atoms with Crippen LogP contribution in [-0.4, -0.2) is 24.9 Å². The van der Waals surface area contributed by atoms with E-state index < -0.39 is 0 Å². The lowest BCUT2D eigenvalue weighted by Gasteiger charge is -2.18. The van der Waals surface area contributed by atoms with E-state index in [0.29, 0.717) is 18.6 Å². The van der Waals surface area contributed by atoms with Crippen molar-refractivity contribution in [2.24, 2.45) is 5.92 Å². The SMILES string of the molecule is CCC(=CCOc1ccc2c(c1)OCCC2)C(C)CC1OC1(C)C. The van der Waals surface area contributed by atoms with Crippen LogP contribution in [0, 0.1) is 5.92 Å². The fraction of sp³-hybridized carbons (Fsp3) is 0.619. The van der Waals surface area contributed by atoms with Gasteiger partial charge in [-0.1, -0.05) is 25.5 Å². The molecule has 2 atom stereocenters. The summed E-state index contributed by atoms with van der Waals surface area (Å²) >= 11 is 0. The van der Waals surface area contributed by atoms with Crippen molar-refractivity contribution in [2.45, 2.75) is 65.1 Å². The van der Waals surface area contributed by atoms with Crippen LogP contribution in [0.1, 0.15) is 52.5 Å². The summed E-state index contributed by atoms with van der Waals surface area (Å²) in [5, 5.41) is 0. The number of fused-ring (bicyclic) bond motifs is 1. The maximum Gasteiger partial charge on any atom is 0.126 e. The van der Waals surface area contributed by atoms with Crippen LogP contribution in [0.5, 0.6) is 11.5 Å². The minimum atomic E-state index is 0.0761. The van der Waals surface area contributed by atoms with Crippen LogP contribution in [-0.2, 0) is 11.2 Å². The number of hydrogen-bond donors (Lipinski definition) is 0. The molecule has 2 heterocycles. The summed E-state index contributed by atoms with van der Waals surface area (Å²) in [6.07, 6.45) is 7.01. The standard InChI is InChI=1S/C21H30O3/c1-5-16(15(2)13-20-21(3,4)24-20)10-12-22-18-9-8-17-7-6-11-23-19(17)14-18/h8-10,14-15,20H,5-7,11-13H2,1-4H3. The Labute approximate surface area is 146 Å². The van der Waals surface area contributed by atoms with E-state index >= 15 is 0 Å². The Balaban J connectivity index is 1.54. The Hall–Kier alpha value is -1.48. The number of allylic oxidation sites excluding steroid dienone is 1. The molecule has 0 radical (unpaired) electrons. The Morgan fingerprint density at radius 1 is 1.42 bits per heavy atom. The molecule has 0 bridgehead atoms. The van der Waals surface area contributed by atoms with Crippen molar-refractivity contribution in [3.63, 3.8) is 0 Å². The van der Waals surface area contributed by atoms with E-state index in [9.17, 15) is 0 Å². The molecule has 0 amide bonds. The van der Waals surface area contributed by atoms with Gasteiger partial charge in [0, 0.05) is 6.07 Å². The number of epoxide rings is 1. The van der Waals surface area contributed by atoms with Gasteiger partial charge in [-0.3, -0.25) is 0 Å². The van der Waals surface area contributed by atoms with Gasteiger partial charge < -0.3 is 14.2 Å². The molecular weight excluding hydrogens is 300 g/mol. The Bertz CT molecular complexity index is 603. The molecule has 132 valence electrons. The van der Waals surface area contributed by atoms with Crippen molar-refractivity contribution in [2.75, 3.05) is 13.2 Å². The highest BCUT2D eigenvalue weighted by Crippen LogP contribution is 2.41. The van der Waals surface area contributed by atoms with E-state index in [1.165, 1.54) is 11.1 Å². The summed E-state index contributed by atoms with van der Waals surface area (Å²) < 4.78 is 17.4. The lowest BCUT2D eigenvalue weighted by Crippen LogP contribution is -2.10. The second kappa shape index (κ2) is 7.18. The minimum absolute atomic E-state index is 0.0761. The van der Waals surface area contributed by atoms with Gasteiger partial charge in [0.1, 0.15) is 18.1 Å². The summed E-state index contributed by atoms with van der Waals surface area (Å²) in [4.78, 5) is 0. The first-order chi connectivity index (χ1) is 11.5. The van der Waals surface area contributed by atoms with Crippen LogP contribution in [0.4, 0.5) is 0 Å². The first-order valence-corrected chi connectivity index (χ1v) is 9.25. The fourth-order valence-electron chi connectivity index (χ4n) is 3.49. The molecule has 0 spiro atoms. The fourth-order valence-corrected chi connectivity index (χ4v) is 3.49. The molecule has 3 heteroatoms. The average molecular weight is 330 g/mol. The van der Waals surface area contributed by atoms with Crippen molar-refractivity contribution in [1.82, 2.24) is 0 Å². The van der Waals surface area contributed by atoms with Crippen molar-refractivity contribution >= 4 is 0 Å². The summed E-state index contributed by atoms with van der Waals surface area (Å²) in [6, 6.07) is 6.21. The minimum Gasteiger partial charge on any atom is -0.493 e. The highest BCUT2D eigenvalue weighted by atomic mass is 16.6. The molecule has 3 nitrogen and oxygen atoms in total. The van der Waals surface area contributed by atoms with Gasteiger partial charge in [-0.2, -0.15) is 0 Å². The molecule has 0 saturated carbocycles. The first-order valence-electron chi connectivity index (χ1n) is 9.25. The maximum absolute atomic E-state index is 5.93. The zero-order chi connectivity index (χ0) is 17.2. The van der Waals surface area contributed by atoms with Crippen molar-refractivity contribution < 1.29 is 14.2 Å². The number of hydrogen-bond acceptors (Lipinski definition) is 3. The quantitative estimate of drug-likeness (QED) is 0.524. The van der Waals surface area contributed by atoms with Crippen LogP contribution in [0.2, 0.25) is 0 Å². The molecule has 1 aromatic rings. The molecule has 0 aliphatic carbocycles. The van der Waals surface area contributed by atoms with Gasteiger partial charge in [0.25, 0.3) is 0 Å². The van der Waals surface area contributed by atoms with Gasteiger partial charge >= 0.3 is 0 Å². The van der Waals surface area contributed by atoms with E-state index in [4.69, 9.17) is 14.2 Å². The Morgan fingerprint density at radius 3 is 2.92 bits per heavy atom. The highest BCUT2D eigenvalue weighted by Gasteiger charge is 2.47. The monoisotopic (exact) mass is 330 g/mol. The third kappa shape index (κ3) is 4.13. The predicted molar refractivity (Wildman–Crippen MR) is 96.9 cm³/mol. The largest absolute Gasteiger partial charge is 0.493 e. The third-order valence-corrected chi connectivity index (χ3v) is 5.26. The number of aryl methyl sites for hydroxylation is 1. The van der Waals surface area contributed by atoms with E-state index in [0.717, 1.165) is 43.8 Å². The van der Waals surface area contributed by atoms with E-state index in [1.807, 2.05) is 6.07 Å². The lowest BCUT2D eigenvalue weighted by molar-refractivity contribution is 0.284. The third-order valence-electron chi connectivity index (χ3n) is 5.26. The highest BCUT2D eigenvalue weighted by molar-refractivity contribution is 5.41. The smallest absolute Gasteiger partial charge is 0.126 e. The Morgan fingerprint density at radius 2 is 2.21 bits per heavy atom. The van der Waals surface area contributed by atoms with Crippen molar-refractivity contribution in [3.8, 4) is 11.5 Å². The molecule has 1 fully saturated rings. The molecule has 3 rings (SSSR count). The first kappa shape index (κ1) is 17.3. The van der Waals surface area contributed by atoms with Crippen LogP contribution in [0.25, 0.3) is 0 Å². The van der Waals surface area contributed by atoms with Gasteiger partial charge in [0.2, 0.25) is 0 Å². The maximum atomic E-state index is 5.93. The second-order valence-corrected chi connectivity index (χ2v) is 7.51. The van der Waals surface area contributed by atoms with Gasteiger partial charge in [0.05, 0.1) is 18.3 Å². The molecule has 1 saturated heterocycles. The van der Waals surface area contributed by atoms with Gasteiger partial charge in [-0.15, -0.1) is 0 Å².